The molecule has 0 saturated carbocycles. The molecule has 5 nitrogen and oxygen atoms in total. The van der Waals surface area contributed by atoms with Crippen molar-refractivity contribution >= 4 is 23.4 Å². The zero-order valence-corrected chi connectivity index (χ0v) is 13.4. The number of hydrogen-bond donors (Lipinski definition) is 2. The topological polar surface area (TPSA) is 59.0 Å². The number of imidazole rings is 1. The number of piperidine rings is 1. The van der Waals surface area contributed by atoms with Crippen LogP contribution in [0.3, 0.4) is 0 Å². The first-order valence-corrected chi connectivity index (χ1v) is 8.31. The van der Waals surface area contributed by atoms with E-state index in [-0.39, 0.29) is 11.8 Å². The number of amides is 1. The van der Waals surface area contributed by atoms with Crippen molar-refractivity contribution in [1.82, 2.24) is 14.9 Å². The molecule has 0 radical (unpaired) electrons. The van der Waals surface area contributed by atoms with Crippen LogP contribution in [0.2, 0.25) is 0 Å². The van der Waals surface area contributed by atoms with Gasteiger partial charge in [-0.3, -0.25) is 4.79 Å². The van der Waals surface area contributed by atoms with E-state index in [1.807, 2.05) is 42.1 Å². The summed E-state index contributed by atoms with van der Waals surface area (Å²) in [7, 11) is 1.96. The molecule has 0 spiro atoms. The molecule has 0 bridgehead atoms. The number of para-hydroxylation sites is 1. The van der Waals surface area contributed by atoms with Crippen molar-refractivity contribution in [2.75, 3.05) is 18.4 Å². The molecule has 1 fully saturated rings. The van der Waals surface area contributed by atoms with Gasteiger partial charge in [0, 0.05) is 30.9 Å². The van der Waals surface area contributed by atoms with Gasteiger partial charge in [0.05, 0.1) is 11.6 Å². The minimum absolute atomic E-state index is 0.0555. The van der Waals surface area contributed by atoms with E-state index in [1.165, 1.54) is 0 Å². The molecule has 2 N–H and O–H groups in total. The molecule has 1 aromatic carbocycles. The fraction of sp³-hybridized carbons (Fsp3) is 0.375. The SMILES string of the molecule is Cn1ccnc1Sc1ccccc1NC(=O)C1CCCNC1. The molecule has 22 heavy (non-hydrogen) atoms. The Balaban J connectivity index is 1.73. The van der Waals surface area contributed by atoms with Gasteiger partial charge in [0.2, 0.25) is 5.91 Å². The highest BCUT2D eigenvalue weighted by molar-refractivity contribution is 7.99. The summed E-state index contributed by atoms with van der Waals surface area (Å²) in [5, 5.41) is 7.26. The van der Waals surface area contributed by atoms with Gasteiger partial charge in [0.25, 0.3) is 0 Å². The van der Waals surface area contributed by atoms with E-state index >= 15 is 0 Å². The quantitative estimate of drug-likeness (QED) is 0.910. The lowest BCUT2D eigenvalue weighted by Crippen LogP contribution is -2.37. The number of carbonyl (C=O) groups excluding carboxylic acids is 1. The number of benzene rings is 1. The molecular weight excluding hydrogens is 296 g/mol. The van der Waals surface area contributed by atoms with Crippen molar-refractivity contribution in [3.05, 3.63) is 36.7 Å². The highest BCUT2D eigenvalue weighted by atomic mass is 32.2. The Morgan fingerprint density at radius 2 is 2.32 bits per heavy atom. The summed E-state index contributed by atoms with van der Waals surface area (Å²) in [6.45, 7) is 1.77. The van der Waals surface area contributed by atoms with Gasteiger partial charge >= 0.3 is 0 Å². The van der Waals surface area contributed by atoms with Crippen molar-refractivity contribution < 1.29 is 4.79 Å². The van der Waals surface area contributed by atoms with Crippen molar-refractivity contribution in [2.45, 2.75) is 22.9 Å². The first-order valence-electron chi connectivity index (χ1n) is 7.50. The number of nitrogens with one attached hydrogen (secondary N) is 2. The van der Waals surface area contributed by atoms with Crippen LogP contribution in [0.1, 0.15) is 12.8 Å². The van der Waals surface area contributed by atoms with Gasteiger partial charge in [0.1, 0.15) is 0 Å². The van der Waals surface area contributed by atoms with Crippen molar-refractivity contribution in [2.24, 2.45) is 13.0 Å². The molecule has 6 heteroatoms. The van der Waals surface area contributed by atoms with E-state index in [1.54, 1.807) is 18.0 Å². The Labute approximate surface area is 134 Å². The largest absolute Gasteiger partial charge is 0.329 e. The highest BCUT2D eigenvalue weighted by Gasteiger charge is 2.21. The van der Waals surface area contributed by atoms with Gasteiger partial charge in [-0.1, -0.05) is 12.1 Å². The first-order chi connectivity index (χ1) is 10.7. The molecule has 1 atom stereocenters. The number of rotatable bonds is 4. The summed E-state index contributed by atoms with van der Waals surface area (Å²) < 4.78 is 1.97. The minimum atomic E-state index is 0.0555. The maximum atomic E-state index is 12.4. The van der Waals surface area contributed by atoms with Crippen LogP contribution in [0.25, 0.3) is 0 Å². The predicted octanol–water partition coefficient (Wildman–Crippen LogP) is 2.51. The van der Waals surface area contributed by atoms with Gasteiger partial charge < -0.3 is 15.2 Å². The third kappa shape index (κ3) is 3.51. The molecule has 1 aromatic heterocycles. The van der Waals surface area contributed by atoms with Crippen LogP contribution in [0.15, 0.2) is 46.7 Å². The molecule has 1 aliphatic rings. The average Bonchev–Trinajstić information content (AvgIpc) is 2.95. The lowest BCUT2D eigenvalue weighted by atomic mass is 9.99. The predicted molar refractivity (Wildman–Crippen MR) is 88.0 cm³/mol. The number of carbonyl (C=O) groups is 1. The highest BCUT2D eigenvalue weighted by Crippen LogP contribution is 2.32. The molecule has 0 aliphatic carbocycles. The van der Waals surface area contributed by atoms with Crippen LogP contribution in [-0.2, 0) is 11.8 Å². The van der Waals surface area contributed by atoms with Gasteiger partial charge in [-0.15, -0.1) is 0 Å². The lowest BCUT2D eigenvalue weighted by Gasteiger charge is -2.22. The van der Waals surface area contributed by atoms with Gasteiger partial charge in [-0.05, 0) is 43.3 Å². The molecular formula is C16H20N4OS. The van der Waals surface area contributed by atoms with Crippen molar-refractivity contribution in [3.63, 3.8) is 0 Å². The number of aryl methyl sites for hydroxylation is 1. The number of aromatic nitrogens is 2. The standard InChI is InChI=1S/C16H20N4OS/c1-20-10-9-18-16(20)22-14-7-3-2-6-13(14)19-15(21)12-5-4-8-17-11-12/h2-3,6-7,9-10,12,17H,4-5,8,11H2,1H3,(H,19,21). The monoisotopic (exact) mass is 316 g/mol. The number of anilines is 1. The fourth-order valence-electron chi connectivity index (χ4n) is 2.52. The van der Waals surface area contributed by atoms with Crippen LogP contribution in [-0.4, -0.2) is 28.5 Å². The third-order valence-electron chi connectivity index (χ3n) is 3.79. The molecule has 2 aromatic rings. The molecule has 1 unspecified atom stereocenters. The van der Waals surface area contributed by atoms with Crippen molar-refractivity contribution in [3.8, 4) is 0 Å². The molecule has 3 rings (SSSR count). The maximum Gasteiger partial charge on any atom is 0.228 e. The zero-order chi connectivity index (χ0) is 15.4. The van der Waals surface area contributed by atoms with Gasteiger partial charge in [0.15, 0.2) is 5.16 Å². The summed E-state index contributed by atoms with van der Waals surface area (Å²) in [5.74, 6) is 0.153. The Bertz CT molecular complexity index is 649. The fourth-order valence-corrected chi connectivity index (χ4v) is 3.41. The van der Waals surface area contributed by atoms with Gasteiger partial charge in [-0.25, -0.2) is 4.98 Å². The summed E-state index contributed by atoms with van der Waals surface area (Å²) in [6, 6.07) is 7.87. The molecule has 116 valence electrons. The van der Waals surface area contributed by atoms with Crippen LogP contribution >= 0.6 is 11.8 Å². The second kappa shape index (κ2) is 6.98. The van der Waals surface area contributed by atoms with Crippen LogP contribution in [0, 0.1) is 5.92 Å². The minimum Gasteiger partial charge on any atom is -0.329 e. The second-order valence-electron chi connectivity index (χ2n) is 5.45. The number of hydrogen-bond acceptors (Lipinski definition) is 4. The van der Waals surface area contributed by atoms with Crippen LogP contribution < -0.4 is 10.6 Å². The Morgan fingerprint density at radius 1 is 1.45 bits per heavy atom. The molecule has 1 aliphatic heterocycles. The normalized spacial score (nSPS) is 18.1. The number of nitrogens with zero attached hydrogens (tertiary/aromatic N) is 2. The van der Waals surface area contributed by atoms with Gasteiger partial charge in [-0.2, -0.15) is 0 Å². The van der Waals surface area contributed by atoms with E-state index < -0.39 is 0 Å². The first kappa shape index (κ1) is 15.1. The summed E-state index contributed by atoms with van der Waals surface area (Å²) >= 11 is 1.56. The van der Waals surface area contributed by atoms with E-state index in [0.717, 1.165) is 41.7 Å². The van der Waals surface area contributed by atoms with E-state index in [4.69, 9.17) is 0 Å². The van der Waals surface area contributed by atoms with Crippen molar-refractivity contribution in [1.29, 1.82) is 0 Å². The summed E-state index contributed by atoms with van der Waals surface area (Å²) in [6.07, 6.45) is 5.70. The maximum absolute atomic E-state index is 12.4. The summed E-state index contributed by atoms with van der Waals surface area (Å²) in [5.41, 5.74) is 0.853. The lowest BCUT2D eigenvalue weighted by molar-refractivity contribution is -0.120. The summed E-state index contributed by atoms with van der Waals surface area (Å²) in [4.78, 5) is 17.7. The third-order valence-corrected chi connectivity index (χ3v) is 4.94. The van der Waals surface area contributed by atoms with E-state index in [2.05, 4.69) is 15.6 Å². The molecule has 1 amide bonds. The Hall–Kier alpha value is -1.79. The Morgan fingerprint density at radius 3 is 3.05 bits per heavy atom. The zero-order valence-electron chi connectivity index (χ0n) is 12.6. The molecule has 1 saturated heterocycles. The van der Waals surface area contributed by atoms with Crippen LogP contribution in [0.5, 0.6) is 0 Å². The molecule has 2 heterocycles. The van der Waals surface area contributed by atoms with Crippen LogP contribution in [0.4, 0.5) is 5.69 Å². The average molecular weight is 316 g/mol. The second-order valence-corrected chi connectivity index (χ2v) is 6.46. The Kier molecular flexibility index (Phi) is 4.80. The van der Waals surface area contributed by atoms with E-state index in [9.17, 15) is 4.79 Å². The smallest absolute Gasteiger partial charge is 0.228 e. The van der Waals surface area contributed by atoms with E-state index in [0.29, 0.717) is 0 Å².